The number of nitrogens with zero attached hydrogens (tertiary/aromatic N) is 1. The third-order valence-electron chi connectivity index (χ3n) is 4.51. The van der Waals surface area contributed by atoms with Crippen molar-refractivity contribution in [2.75, 3.05) is 5.75 Å². The SMILES string of the molecule is O=C(CSC1c2ccccc2-c2ccccc21)N/N=C/c1ccc(Cl)cc1Cl. The summed E-state index contributed by atoms with van der Waals surface area (Å²) in [6, 6.07) is 21.8. The van der Waals surface area contributed by atoms with Gasteiger partial charge in [0, 0.05) is 10.6 Å². The Labute approximate surface area is 177 Å². The van der Waals surface area contributed by atoms with E-state index in [2.05, 4.69) is 34.8 Å². The number of carbonyl (C=O) groups excluding carboxylic acids is 1. The highest BCUT2D eigenvalue weighted by Crippen LogP contribution is 2.49. The molecule has 0 fully saturated rings. The van der Waals surface area contributed by atoms with Crippen LogP contribution in [0.25, 0.3) is 11.1 Å². The lowest BCUT2D eigenvalue weighted by molar-refractivity contribution is -0.118. The molecule has 0 unspecified atom stereocenters. The van der Waals surface area contributed by atoms with Crippen molar-refractivity contribution in [2.24, 2.45) is 5.10 Å². The molecule has 0 aliphatic heterocycles. The molecule has 0 radical (unpaired) electrons. The molecule has 1 amide bonds. The summed E-state index contributed by atoms with van der Waals surface area (Å²) in [5, 5.41) is 5.19. The Kier molecular flexibility index (Phi) is 5.72. The number of nitrogens with one attached hydrogen (secondary N) is 1. The van der Waals surface area contributed by atoms with Gasteiger partial charge in [0.1, 0.15) is 0 Å². The van der Waals surface area contributed by atoms with Crippen molar-refractivity contribution in [3.63, 3.8) is 0 Å². The van der Waals surface area contributed by atoms with Crippen molar-refractivity contribution >= 4 is 47.1 Å². The van der Waals surface area contributed by atoms with Crippen LogP contribution in [0.2, 0.25) is 10.0 Å². The topological polar surface area (TPSA) is 41.5 Å². The van der Waals surface area contributed by atoms with Gasteiger partial charge < -0.3 is 0 Å². The summed E-state index contributed by atoms with van der Waals surface area (Å²) in [5.41, 5.74) is 8.24. The van der Waals surface area contributed by atoms with Gasteiger partial charge >= 0.3 is 0 Å². The first-order chi connectivity index (χ1) is 13.6. The van der Waals surface area contributed by atoms with Crippen LogP contribution in [0.4, 0.5) is 0 Å². The average Bonchev–Trinajstić information content (AvgIpc) is 3.02. The van der Waals surface area contributed by atoms with E-state index in [1.165, 1.54) is 28.5 Å². The van der Waals surface area contributed by atoms with E-state index in [1.54, 1.807) is 30.0 Å². The Morgan fingerprint density at radius 2 is 1.64 bits per heavy atom. The van der Waals surface area contributed by atoms with E-state index in [0.717, 1.165) is 0 Å². The minimum absolute atomic E-state index is 0.146. The van der Waals surface area contributed by atoms with E-state index in [4.69, 9.17) is 23.2 Å². The molecule has 0 spiro atoms. The van der Waals surface area contributed by atoms with Gasteiger partial charge in [-0.2, -0.15) is 5.10 Å². The zero-order chi connectivity index (χ0) is 19.5. The Morgan fingerprint density at radius 3 is 2.29 bits per heavy atom. The molecule has 0 saturated carbocycles. The maximum atomic E-state index is 12.3. The third-order valence-corrected chi connectivity index (χ3v) is 6.35. The lowest BCUT2D eigenvalue weighted by atomic mass is 10.1. The first kappa shape index (κ1) is 19.1. The molecule has 1 N–H and O–H groups in total. The summed E-state index contributed by atoms with van der Waals surface area (Å²) in [6.45, 7) is 0. The minimum atomic E-state index is -0.159. The van der Waals surface area contributed by atoms with Crippen LogP contribution in [-0.2, 0) is 4.79 Å². The maximum Gasteiger partial charge on any atom is 0.250 e. The number of fused-ring (bicyclic) bond motifs is 3. The number of thioether (sulfide) groups is 1. The maximum absolute atomic E-state index is 12.3. The van der Waals surface area contributed by atoms with E-state index in [-0.39, 0.29) is 11.2 Å². The number of carbonyl (C=O) groups is 1. The van der Waals surface area contributed by atoms with Crippen molar-refractivity contribution in [2.45, 2.75) is 5.25 Å². The second-order valence-electron chi connectivity index (χ2n) is 6.32. The van der Waals surface area contributed by atoms with Gasteiger partial charge in [-0.1, -0.05) is 77.8 Å². The van der Waals surface area contributed by atoms with Crippen molar-refractivity contribution in [3.05, 3.63) is 93.5 Å². The van der Waals surface area contributed by atoms with E-state index >= 15 is 0 Å². The van der Waals surface area contributed by atoms with Crippen LogP contribution in [0.5, 0.6) is 0 Å². The number of hydrogen-bond donors (Lipinski definition) is 1. The summed E-state index contributed by atoms with van der Waals surface area (Å²) in [7, 11) is 0. The van der Waals surface area contributed by atoms with Gasteiger partial charge in [0.2, 0.25) is 5.91 Å². The highest BCUT2D eigenvalue weighted by Gasteiger charge is 2.28. The van der Waals surface area contributed by atoms with Crippen LogP contribution in [0.15, 0.2) is 71.8 Å². The third kappa shape index (κ3) is 3.95. The summed E-state index contributed by atoms with van der Waals surface area (Å²) in [5.74, 6) is 0.146. The Morgan fingerprint density at radius 1 is 1.00 bits per heavy atom. The van der Waals surface area contributed by atoms with Gasteiger partial charge in [-0.3, -0.25) is 4.79 Å². The molecule has 3 nitrogen and oxygen atoms in total. The fourth-order valence-corrected chi connectivity index (χ4v) is 4.87. The molecule has 1 aliphatic carbocycles. The number of halogens is 2. The molecule has 3 aromatic rings. The fourth-order valence-electron chi connectivity index (χ4n) is 3.26. The molecule has 3 aromatic carbocycles. The van der Waals surface area contributed by atoms with E-state index in [1.807, 2.05) is 24.3 Å². The van der Waals surface area contributed by atoms with Gasteiger partial charge in [0.25, 0.3) is 0 Å². The molecule has 28 heavy (non-hydrogen) atoms. The smallest absolute Gasteiger partial charge is 0.250 e. The number of benzene rings is 3. The van der Waals surface area contributed by atoms with Crippen LogP contribution >= 0.6 is 35.0 Å². The molecule has 6 heteroatoms. The summed E-state index contributed by atoms with van der Waals surface area (Å²) >= 11 is 13.6. The van der Waals surface area contributed by atoms with Gasteiger partial charge in [0.05, 0.1) is 22.2 Å². The van der Waals surface area contributed by atoms with Crippen LogP contribution in [0, 0.1) is 0 Å². The molecule has 0 atom stereocenters. The standard InChI is InChI=1S/C22H16Cl2N2OS/c23-15-10-9-14(20(24)11-15)12-25-26-21(27)13-28-22-18-7-3-1-5-16(18)17-6-2-4-8-19(17)22/h1-12,22H,13H2,(H,26,27)/b25-12+. The normalized spacial score (nSPS) is 12.8. The van der Waals surface area contributed by atoms with Crippen LogP contribution < -0.4 is 5.43 Å². The predicted octanol–water partition coefficient (Wildman–Crippen LogP) is 5.95. The van der Waals surface area contributed by atoms with Crippen molar-refractivity contribution < 1.29 is 4.79 Å². The zero-order valence-corrected chi connectivity index (χ0v) is 17.1. The molecule has 1 aliphatic rings. The molecular weight excluding hydrogens is 411 g/mol. The highest BCUT2D eigenvalue weighted by atomic mass is 35.5. The number of rotatable bonds is 5. The molecule has 0 heterocycles. The van der Waals surface area contributed by atoms with Crippen molar-refractivity contribution in [1.29, 1.82) is 0 Å². The van der Waals surface area contributed by atoms with Crippen LogP contribution in [0.1, 0.15) is 21.9 Å². The second-order valence-corrected chi connectivity index (χ2v) is 8.26. The number of amides is 1. The van der Waals surface area contributed by atoms with Gasteiger partial charge in [-0.25, -0.2) is 5.43 Å². The second kappa shape index (κ2) is 8.39. The van der Waals surface area contributed by atoms with Gasteiger partial charge in [-0.15, -0.1) is 11.8 Å². The molecule has 0 bridgehead atoms. The van der Waals surface area contributed by atoms with Gasteiger partial charge in [0.15, 0.2) is 0 Å². The summed E-state index contributed by atoms with van der Waals surface area (Å²) < 4.78 is 0. The Balaban J connectivity index is 1.41. The molecule has 140 valence electrons. The lowest BCUT2D eigenvalue weighted by Crippen LogP contribution is -2.20. The lowest BCUT2D eigenvalue weighted by Gasteiger charge is -2.12. The van der Waals surface area contributed by atoms with E-state index < -0.39 is 0 Å². The fraction of sp³-hybridized carbons (Fsp3) is 0.0909. The van der Waals surface area contributed by atoms with Crippen LogP contribution in [0.3, 0.4) is 0 Å². The van der Waals surface area contributed by atoms with Gasteiger partial charge in [-0.05, 0) is 34.4 Å². The van der Waals surface area contributed by atoms with Crippen molar-refractivity contribution in [1.82, 2.24) is 5.43 Å². The molecular formula is C22H16Cl2N2OS. The largest absolute Gasteiger partial charge is 0.272 e. The number of hydrazone groups is 1. The quantitative estimate of drug-likeness (QED) is 0.404. The molecule has 0 aromatic heterocycles. The van der Waals surface area contributed by atoms with E-state index in [0.29, 0.717) is 21.4 Å². The Bertz CT molecular complexity index is 1020. The molecule has 4 rings (SSSR count). The Hall–Kier alpha value is -2.27. The minimum Gasteiger partial charge on any atom is -0.272 e. The van der Waals surface area contributed by atoms with Crippen molar-refractivity contribution in [3.8, 4) is 11.1 Å². The van der Waals surface area contributed by atoms with E-state index in [9.17, 15) is 4.79 Å². The summed E-state index contributed by atoms with van der Waals surface area (Å²) in [4.78, 5) is 12.3. The average molecular weight is 427 g/mol. The zero-order valence-electron chi connectivity index (χ0n) is 14.7. The molecule has 0 saturated heterocycles. The summed E-state index contributed by atoms with van der Waals surface area (Å²) in [6.07, 6.45) is 1.52. The monoisotopic (exact) mass is 426 g/mol. The number of hydrogen-bond acceptors (Lipinski definition) is 3. The highest BCUT2D eigenvalue weighted by molar-refractivity contribution is 8.00. The predicted molar refractivity (Wildman–Crippen MR) is 118 cm³/mol. The van der Waals surface area contributed by atoms with Crippen LogP contribution in [-0.4, -0.2) is 17.9 Å². The first-order valence-corrected chi connectivity index (χ1v) is 10.5. The first-order valence-electron chi connectivity index (χ1n) is 8.70.